The van der Waals surface area contributed by atoms with Crippen molar-refractivity contribution in [1.29, 1.82) is 0 Å². The van der Waals surface area contributed by atoms with E-state index >= 15 is 0 Å². The van der Waals surface area contributed by atoms with E-state index in [1.54, 1.807) is 11.1 Å². The van der Waals surface area contributed by atoms with Gasteiger partial charge in [0.2, 0.25) is 0 Å². The van der Waals surface area contributed by atoms with E-state index in [4.69, 9.17) is 17.3 Å². The van der Waals surface area contributed by atoms with Crippen LogP contribution in [0.3, 0.4) is 0 Å². The number of aliphatic carboxylic acids is 1. The first kappa shape index (κ1) is 21.1. The summed E-state index contributed by atoms with van der Waals surface area (Å²) in [6.07, 6.45) is 8.69. The first-order valence-electron chi connectivity index (χ1n) is 10.5. The van der Waals surface area contributed by atoms with Gasteiger partial charge in [-0.3, -0.25) is 14.5 Å². The number of hydrogen-bond donors (Lipinski definition) is 1. The lowest BCUT2D eigenvalue weighted by Gasteiger charge is -2.35. The van der Waals surface area contributed by atoms with Gasteiger partial charge >= 0.3 is 5.97 Å². The molecule has 0 saturated carbocycles. The van der Waals surface area contributed by atoms with Gasteiger partial charge in [0.05, 0.1) is 4.91 Å². The molecule has 0 atom stereocenters. The average Bonchev–Trinajstić information content (AvgIpc) is 3.01. The zero-order valence-electron chi connectivity index (χ0n) is 16.9. The third kappa shape index (κ3) is 4.78. The van der Waals surface area contributed by atoms with Crippen molar-refractivity contribution in [2.45, 2.75) is 44.9 Å². The third-order valence-electron chi connectivity index (χ3n) is 5.97. The second kappa shape index (κ2) is 9.35. The van der Waals surface area contributed by atoms with Gasteiger partial charge in [-0.05, 0) is 62.3 Å². The van der Waals surface area contributed by atoms with Crippen molar-refractivity contribution in [3.8, 4) is 0 Å². The third-order valence-corrected chi connectivity index (χ3v) is 7.35. The van der Waals surface area contributed by atoms with Crippen LogP contribution in [0.25, 0.3) is 6.08 Å². The largest absolute Gasteiger partial charge is 0.481 e. The van der Waals surface area contributed by atoms with Crippen LogP contribution in [0.1, 0.15) is 50.5 Å². The van der Waals surface area contributed by atoms with Crippen LogP contribution in [0.5, 0.6) is 0 Å². The summed E-state index contributed by atoms with van der Waals surface area (Å²) in [5.41, 5.74) is 5.53. The van der Waals surface area contributed by atoms with Crippen LogP contribution in [0.15, 0.2) is 40.3 Å². The number of benzene rings is 1. The summed E-state index contributed by atoms with van der Waals surface area (Å²) in [7, 11) is 0. The minimum Gasteiger partial charge on any atom is -0.481 e. The Morgan fingerprint density at radius 3 is 2.60 bits per heavy atom. The molecule has 4 rings (SSSR count). The van der Waals surface area contributed by atoms with Gasteiger partial charge in [-0.1, -0.05) is 47.3 Å². The number of thiocarbonyl (C=S) groups is 1. The highest BCUT2D eigenvalue weighted by Gasteiger charge is 2.31. The van der Waals surface area contributed by atoms with E-state index in [1.165, 1.54) is 54.5 Å². The molecule has 1 fully saturated rings. The molecule has 0 bridgehead atoms. The van der Waals surface area contributed by atoms with Crippen molar-refractivity contribution in [2.24, 2.45) is 0 Å². The number of hydrogen-bond acceptors (Lipinski definition) is 5. The van der Waals surface area contributed by atoms with Crippen molar-refractivity contribution in [3.63, 3.8) is 0 Å². The topological polar surface area (TPSA) is 60.9 Å². The van der Waals surface area contributed by atoms with E-state index in [9.17, 15) is 9.59 Å². The fourth-order valence-corrected chi connectivity index (χ4v) is 5.65. The number of thioether (sulfide) groups is 1. The number of carboxylic acid groups (broad SMARTS) is 1. The van der Waals surface area contributed by atoms with Crippen LogP contribution in [-0.4, -0.2) is 45.8 Å². The molecule has 2 heterocycles. The van der Waals surface area contributed by atoms with Gasteiger partial charge in [0.15, 0.2) is 0 Å². The highest BCUT2D eigenvalue weighted by molar-refractivity contribution is 8.26. The average molecular weight is 443 g/mol. The van der Waals surface area contributed by atoms with Crippen molar-refractivity contribution in [3.05, 3.63) is 45.9 Å². The normalized spacial score (nSPS) is 20.9. The Kier molecular flexibility index (Phi) is 6.58. The lowest BCUT2D eigenvalue weighted by atomic mass is 9.87. The van der Waals surface area contributed by atoms with Gasteiger partial charge in [-0.25, -0.2) is 0 Å². The summed E-state index contributed by atoms with van der Waals surface area (Å²) in [5.74, 6) is -0.993. The monoisotopic (exact) mass is 442 g/mol. The molecule has 1 aromatic rings. The Hall–Kier alpha value is -2.12. The lowest BCUT2D eigenvalue weighted by molar-refractivity contribution is -0.137. The van der Waals surface area contributed by atoms with E-state index in [0.29, 0.717) is 22.2 Å². The molecular formula is C23H26N2O3S2. The van der Waals surface area contributed by atoms with Crippen molar-refractivity contribution >= 4 is 51.9 Å². The van der Waals surface area contributed by atoms with Gasteiger partial charge in [-0.2, -0.15) is 0 Å². The summed E-state index contributed by atoms with van der Waals surface area (Å²) < 4.78 is 0.498. The van der Waals surface area contributed by atoms with Crippen molar-refractivity contribution in [2.75, 3.05) is 24.5 Å². The Bertz CT molecular complexity index is 921. The summed E-state index contributed by atoms with van der Waals surface area (Å²) in [6, 6.07) is 8.37. The minimum atomic E-state index is -0.860. The number of amides is 1. The minimum absolute atomic E-state index is 0.0342. The maximum atomic E-state index is 12.6. The number of anilines is 1. The molecule has 1 amide bonds. The molecule has 30 heavy (non-hydrogen) atoms. The second-order valence-electron chi connectivity index (χ2n) is 8.01. The van der Waals surface area contributed by atoms with Crippen LogP contribution >= 0.6 is 24.0 Å². The van der Waals surface area contributed by atoms with Gasteiger partial charge in [0.25, 0.3) is 5.91 Å². The molecule has 158 valence electrons. The Morgan fingerprint density at radius 1 is 1.13 bits per heavy atom. The predicted octanol–water partition coefficient (Wildman–Crippen LogP) is 4.83. The molecule has 1 saturated heterocycles. The van der Waals surface area contributed by atoms with Crippen molar-refractivity contribution < 1.29 is 14.7 Å². The Balaban J connectivity index is 1.40. The smallest absolute Gasteiger partial charge is 0.303 e. The van der Waals surface area contributed by atoms with E-state index in [0.717, 1.165) is 18.7 Å². The molecule has 7 heteroatoms. The molecule has 5 nitrogen and oxygen atoms in total. The quantitative estimate of drug-likeness (QED) is 0.387. The summed E-state index contributed by atoms with van der Waals surface area (Å²) in [6.45, 7) is 2.47. The maximum absolute atomic E-state index is 12.6. The predicted molar refractivity (Wildman–Crippen MR) is 126 cm³/mol. The highest BCUT2D eigenvalue weighted by atomic mass is 32.2. The summed E-state index contributed by atoms with van der Waals surface area (Å²) >= 11 is 6.60. The van der Waals surface area contributed by atoms with E-state index in [1.807, 2.05) is 6.08 Å². The molecule has 0 radical (unpaired) electrons. The molecule has 0 spiro atoms. The molecule has 3 aliphatic rings. The Labute approximate surface area is 186 Å². The first-order chi connectivity index (χ1) is 14.5. The van der Waals surface area contributed by atoms with Gasteiger partial charge in [0, 0.05) is 31.7 Å². The number of carboxylic acids is 1. The van der Waals surface area contributed by atoms with Crippen molar-refractivity contribution in [1.82, 2.24) is 4.90 Å². The number of carbonyl (C=O) groups is 2. The van der Waals surface area contributed by atoms with Gasteiger partial charge < -0.3 is 10.0 Å². The molecule has 0 unspecified atom stereocenters. The van der Waals surface area contributed by atoms with Crippen LogP contribution in [0.4, 0.5) is 5.69 Å². The maximum Gasteiger partial charge on any atom is 0.303 e. The molecule has 1 N–H and O–H groups in total. The Morgan fingerprint density at radius 2 is 1.87 bits per heavy atom. The van der Waals surface area contributed by atoms with E-state index in [2.05, 4.69) is 29.2 Å². The molecular weight excluding hydrogens is 416 g/mol. The van der Waals surface area contributed by atoms with E-state index in [-0.39, 0.29) is 12.3 Å². The lowest BCUT2D eigenvalue weighted by Crippen LogP contribution is -2.32. The fraction of sp³-hybridized carbons (Fsp3) is 0.435. The SMILES string of the molecule is O=C(O)CCCN1C(=O)/C(=C/c2ccc(N3CCC4=C(CCCC4)C3)cc2)SC1=S. The summed E-state index contributed by atoms with van der Waals surface area (Å²) in [4.78, 5) is 27.9. The van der Waals surface area contributed by atoms with Crippen LogP contribution < -0.4 is 4.90 Å². The van der Waals surface area contributed by atoms with Crippen LogP contribution in [0.2, 0.25) is 0 Å². The molecule has 1 aliphatic carbocycles. The number of carbonyl (C=O) groups excluding carboxylic acids is 1. The zero-order chi connectivity index (χ0) is 21.1. The number of nitrogens with zero attached hydrogens (tertiary/aromatic N) is 2. The van der Waals surface area contributed by atoms with Gasteiger partial charge in [-0.15, -0.1) is 0 Å². The molecule has 2 aliphatic heterocycles. The standard InChI is InChI=1S/C23H26N2O3S2/c26-21(27)6-3-12-25-22(28)20(30-23(25)29)14-16-7-9-19(10-8-16)24-13-11-17-4-1-2-5-18(17)15-24/h7-10,14H,1-6,11-13,15H2,(H,26,27)/b20-14-. The molecule has 0 aromatic heterocycles. The first-order valence-corrected chi connectivity index (χ1v) is 11.8. The van der Waals surface area contributed by atoms with Crippen LogP contribution in [-0.2, 0) is 9.59 Å². The number of rotatable bonds is 6. The van der Waals surface area contributed by atoms with E-state index < -0.39 is 5.97 Å². The highest BCUT2D eigenvalue weighted by Crippen LogP contribution is 2.35. The second-order valence-corrected chi connectivity index (χ2v) is 9.68. The fourth-order valence-electron chi connectivity index (χ4n) is 4.34. The van der Waals surface area contributed by atoms with Crippen LogP contribution in [0, 0.1) is 0 Å². The van der Waals surface area contributed by atoms with Gasteiger partial charge in [0.1, 0.15) is 4.32 Å². The summed E-state index contributed by atoms with van der Waals surface area (Å²) in [5, 5.41) is 8.78. The molecule has 1 aromatic carbocycles. The zero-order valence-corrected chi connectivity index (χ0v) is 18.6.